The second kappa shape index (κ2) is 12.7. The number of nitrogens with two attached hydrogens (primary N) is 1. The van der Waals surface area contributed by atoms with Crippen LogP contribution in [-0.4, -0.2) is 46.1 Å². The summed E-state index contributed by atoms with van der Waals surface area (Å²) >= 11 is 6.39. The predicted octanol–water partition coefficient (Wildman–Crippen LogP) is 6.02. The Kier molecular flexibility index (Phi) is 8.41. The van der Waals surface area contributed by atoms with Gasteiger partial charge in [0.15, 0.2) is 5.82 Å². The van der Waals surface area contributed by atoms with Gasteiger partial charge in [-0.15, -0.1) is 0 Å². The fourth-order valence-corrected chi connectivity index (χ4v) is 5.75. The highest BCUT2D eigenvalue weighted by Gasteiger charge is 2.25. The summed E-state index contributed by atoms with van der Waals surface area (Å²) in [4.78, 5) is 41.0. The van der Waals surface area contributed by atoms with Crippen LogP contribution in [-0.2, 0) is 11.2 Å². The number of anilines is 6. The summed E-state index contributed by atoms with van der Waals surface area (Å²) in [7, 11) is 0. The van der Waals surface area contributed by atoms with Crippen LogP contribution in [0.5, 0.6) is 0 Å². The number of benzene rings is 2. The SMILES string of the molecule is Nc1ccc(NC(=O)N2CCC(CC(=O)Nc3ccc4cc3CCC3C=NC=C(C3)Nc3ncc(Cl)c(n3)N4)CC2)cc1. The van der Waals surface area contributed by atoms with E-state index >= 15 is 0 Å². The van der Waals surface area contributed by atoms with Gasteiger partial charge in [-0.25, -0.2) is 9.78 Å². The number of nitrogens with one attached hydrogen (secondary N) is 4. The zero-order chi connectivity index (χ0) is 29.8. The number of hydrogen-bond acceptors (Lipinski definition) is 8. The first-order valence-electron chi connectivity index (χ1n) is 14.5. The van der Waals surface area contributed by atoms with Crippen molar-refractivity contribution >= 4 is 64.3 Å². The Morgan fingerprint density at radius 3 is 2.67 bits per heavy atom. The number of fused-ring (bicyclic) bond motifs is 6. The molecule has 1 atom stereocenters. The third kappa shape index (κ3) is 7.23. The van der Waals surface area contributed by atoms with Crippen molar-refractivity contribution < 1.29 is 9.59 Å². The van der Waals surface area contributed by atoms with Crippen molar-refractivity contribution in [2.75, 3.05) is 40.1 Å². The number of urea groups is 1. The van der Waals surface area contributed by atoms with Crippen LogP contribution < -0.4 is 27.0 Å². The molecule has 3 aliphatic rings. The van der Waals surface area contributed by atoms with Crippen molar-refractivity contribution in [2.24, 2.45) is 16.8 Å². The average molecular weight is 600 g/mol. The first kappa shape index (κ1) is 28.5. The van der Waals surface area contributed by atoms with Gasteiger partial charge in [0.25, 0.3) is 0 Å². The van der Waals surface area contributed by atoms with Crippen LogP contribution in [0.25, 0.3) is 0 Å². The normalized spacial score (nSPS) is 18.1. The molecule has 0 aliphatic carbocycles. The second-order valence-corrected chi connectivity index (χ2v) is 11.6. The Morgan fingerprint density at radius 1 is 1.05 bits per heavy atom. The molecule has 0 saturated carbocycles. The van der Waals surface area contributed by atoms with E-state index in [0.29, 0.717) is 47.7 Å². The number of allylic oxidation sites excluding steroid dienone is 1. The quantitative estimate of drug-likeness (QED) is 0.230. The molecule has 3 amide bonds. The fourth-order valence-electron chi connectivity index (χ4n) is 5.61. The Labute approximate surface area is 255 Å². The minimum absolute atomic E-state index is 0.0261. The van der Waals surface area contributed by atoms with Gasteiger partial charge in [-0.2, -0.15) is 4.98 Å². The largest absolute Gasteiger partial charge is 0.399 e. The number of carbonyl (C=O) groups excluding carboxylic acids is 2. The number of carbonyl (C=O) groups is 2. The van der Waals surface area contributed by atoms with Crippen molar-refractivity contribution in [1.29, 1.82) is 0 Å². The van der Waals surface area contributed by atoms with Gasteiger partial charge in [-0.05, 0) is 86.1 Å². The smallest absolute Gasteiger partial charge is 0.321 e. The molecule has 6 bridgehead atoms. The summed E-state index contributed by atoms with van der Waals surface area (Å²) in [6.07, 6.45) is 9.69. The molecular formula is C31H34ClN9O2. The van der Waals surface area contributed by atoms with Crippen molar-refractivity contribution in [3.05, 3.63) is 71.1 Å². The van der Waals surface area contributed by atoms with Crippen LogP contribution in [0.1, 0.15) is 37.7 Å². The molecule has 1 saturated heterocycles. The summed E-state index contributed by atoms with van der Waals surface area (Å²) in [5.41, 5.74) is 10.7. The number of aliphatic imine (C=N–C) groups is 1. The average Bonchev–Trinajstić information content (AvgIpc) is 3.00. The molecular weight excluding hydrogens is 566 g/mol. The number of halogens is 1. The van der Waals surface area contributed by atoms with Crippen LogP contribution in [0, 0.1) is 11.8 Å². The standard InChI is InChI=1S/C31H34ClN9O2/c32-26-18-35-30-37-25-13-20(16-34-17-25)1-2-21-15-24(36-29(26)40-30)7-8-27(21)39-28(42)14-19-9-11-41(12-10-19)31(43)38-23-5-3-22(33)4-6-23/h3-8,15-20H,1-2,9-14,33H2,(H,38,43)(H,39,42)(H2,35,36,37,40). The van der Waals surface area contributed by atoms with Gasteiger partial charge < -0.3 is 31.9 Å². The highest BCUT2D eigenvalue weighted by molar-refractivity contribution is 6.32. The van der Waals surface area contributed by atoms with Crippen molar-refractivity contribution in [3.63, 3.8) is 0 Å². The zero-order valence-corrected chi connectivity index (χ0v) is 24.4. The van der Waals surface area contributed by atoms with E-state index in [1.54, 1.807) is 41.6 Å². The van der Waals surface area contributed by atoms with Crippen LogP contribution >= 0.6 is 11.6 Å². The zero-order valence-electron chi connectivity index (χ0n) is 23.6. The van der Waals surface area contributed by atoms with Crippen LogP contribution in [0.2, 0.25) is 5.02 Å². The van der Waals surface area contributed by atoms with Gasteiger partial charge in [-0.3, -0.25) is 9.79 Å². The maximum atomic E-state index is 13.2. The lowest BCUT2D eigenvalue weighted by Gasteiger charge is -2.31. The second-order valence-electron chi connectivity index (χ2n) is 11.2. The van der Waals surface area contributed by atoms with Gasteiger partial charge >= 0.3 is 6.03 Å². The van der Waals surface area contributed by atoms with Gasteiger partial charge in [0, 0.05) is 66.3 Å². The molecule has 43 heavy (non-hydrogen) atoms. The number of aryl methyl sites for hydroxylation is 1. The molecule has 11 nitrogen and oxygen atoms in total. The van der Waals surface area contributed by atoms with Crippen LogP contribution in [0.4, 0.5) is 39.3 Å². The molecule has 6 rings (SSSR count). The Hall–Kier alpha value is -4.64. The lowest BCUT2D eigenvalue weighted by molar-refractivity contribution is -0.117. The fraction of sp³-hybridized carbons (Fsp3) is 0.323. The molecule has 0 radical (unpaired) electrons. The summed E-state index contributed by atoms with van der Waals surface area (Å²) in [5, 5.41) is 13.0. The summed E-state index contributed by atoms with van der Waals surface area (Å²) in [5.74, 6) is 1.36. The number of nitrogens with zero attached hydrogens (tertiary/aromatic N) is 4. The monoisotopic (exact) mass is 599 g/mol. The number of rotatable bonds is 4. The summed E-state index contributed by atoms with van der Waals surface area (Å²) < 4.78 is 0. The number of likely N-dealkylation sites (tertiary alicyclic amines) is 1. The van der Waals surface area contributed by atoms with E-state index < -0.39 is 0 Å². The Balaban J connectivity index is 1.09. The van der Waals surface area contributed by atoms with Crippen LogP contribution in [0.15, 0.2) is 65.6 Å². The third-order valence-corrected chi connectivity index (χ3v) is 8.27. The molecule has 2 aromatic carbocycles. The molecule has 1 fully saturated rings. The molecule has 1 aromatic heterocycles. The first-order valence-corrected chi connectivity index (χ1v) is 14.9. The molecule has 4 heterocycles. The van der Waals surface area contributed by atoms with E-state index in [2.05, 4.69) is 36.2 Å². The maximum absolute atomic E-state index is 13.2. The van der Waals surface area contributed by atoms with E-state index in [1.165, 1.54) is 0 Å². The molecule has 1 unspecified atom stereocenters. The van der Waals surface area contributed by atoms with Crippen molar-refractivity contribution in [1.82, 2.24) is 14.9 Å². The summed E-state index contributed by atoms with van der Waals surface area (Å²) in [6, 6.07) is 12.8. The molecule has 12 heteroatoms. The van der Waals surface area contributed by atoms with Crippen molar-refractivity contribution in [2.45, 2.75) is 38.5 Å². The lowest BCUT2D eigenvalue weighted by atomic mass is 9.92. The predicted molar refractivity (Wildman–Crippen MR) is 171 cm³/mol. The topological polar surface area (TPSA) is 150 Å². The van der Waals surface area contributed by atoms with E-state index in [9.17, 15) is 9.59 Å². The lowest BCUT2D eigenvalue weighted by Crippen LogP contribution is -2.41. The Morgan fingerprint density at radius 2 is 1.86 bits per heavy atom. The van der Waals surface area contributed by atoms with Crippen molar-refractivity contribution in [3.8, 4) is 0 Å². The van der Waals surface area contributed by atoms with E-state index in [0.717, 1.165) is 54.7 Å². The maximum Gasteiger partial charge on any atom is 0.321 e. The van der Waals surface area contributed by atoms with Gasteiger partial charge in [-0.1, -0.05) is 11.6 Å². The first-order chi connectivity index (χ1) is 20.9. The van der Waals surface area contributed by atoms with Crippen LogP contribution in [0.3, 0.4) is 0 Å². The van der Waals surface area contributed by atoms with E-state index in [4.69, 9.17) is 17.3 Å². The number of piperidine rings is 1. The van der Waals surface area contributed by atoms with Gasteiger partial charge in [0.2, 0.25) is 11.9 Å². The van der Waals surface area contributed by atoms with Gasteiger partial charge in [0.1, 0.15) is 5.02 Å². The number of nitrogen functional groups attached to an aromatic ring is 1. The highest BCUT2D eigenvalue weighted by atomic mass is 35.5. The molecule has 3 aromatic rings. The number of hydrogen-bond donors (Lipinski definition) is 5. The number of amides is 3. The van der Waals surface area contributed by atoms with E-state index in [-0.39, 0.29) is 23.8 Å². The number of aromatic nitrogens is 2. The molecule has 0 spiro atoms. The molecule has 6 N–H and O–H groups in total. The summed E-state index contributed by atoms with van der Waals surface area (Å²) in [6.45, 7) is 1.21. The minimum atomic E-state index is -0.137. The third-order valence-electron chi connectivity index (χ3n) is 7.99. The molecule has 3 aliphatic heterocycles. The highest BCUT2D eigenvalue weighted by Crippen LogP contribution is 2.31. The molecule has 222 valence electrons. The minimum Gasteiger partial charge on any atom is -0.399 e. The van der Waals surface area contributed by atoms with Gasteiger partial charge in [0.05, 0.1) is 6.20 Å². The van der Waals surface area contributed by atoms with E-state index in [1.807, 2.05) is 24.4 Å². The Bertz CT molecular complexity index is 1570.